The smallest absolute Gasteiger partial charge is 0.318 e. The summed E-state index contributed by atoms with van der Waals surface area (Å²) < 4.78 is 12.9. The molecule has 116 valence electrons. The zero-order chi connectivity index (χ0) is 15.7. The molecule has 1 aromatic heterocycles. The number of benzene rings is 1. The molecule has 0 saturated heterocycles. The minimum Gasteiger partial charge on any atom is -0.331 e. The molecule has 1 aliphatic heterocycles. The van der Waals surface area contributed by atoms with Gasteiger partial charge in [0.1, 0.15) is 5.82 Å². The van der Waals surface area contributed by atoms with Gasteiger partial charge in [-0.1, -0.05) is 12.1 Å². The lowest BCUT2D eigenvalue weighted by Crippen LogP contribution is -2.43. The fourth-order valence-corrected chi connectivity index (χ4v) is 2.71. The van der Waals surface area contributed by atoms with Crippen LogP contribution in [0.15, 0.2) is 24.3 Å². The first-order chi connectivity index (χ1) is 10.5. The standard InChI is InChI=1S/C16H19FN4O/c1-10(12-3-5-13(17)6-4-12)18-16(22)21-8-7-15-14(9-21)11(2)19-20-15/h3-6,10H,7-9H2,1-2H3,(H,18,22)(H,19,20)/t10-/m1/s1. The highest BCUT2D eigenvalue weighted by Crippen LogP contribution is 2.20. The molecule has 1 atom stereocenters. The fourth-order valence-electron chi connectivity index (χ4n) is 2.71. The molecule has 0 bridgehead atoms. The summed E-state index contributed by atoms with van der Waals surface area (Å²) in [5.74, 6) is -0.277. The van der Waals surface area contributed by atoms with Gasteiger partial charge in [0.2, 0.25) is 0 Å². The number of carbonyl (C=O) groups excluding carboxylic acids is 1. The van der Waals surface area contributed by atoms with Gasteiger partial charge in [-0.05, 0) is 31.5 Å². The molecule has 0 fully saturated rings. The maximum atomic E-state index is 12.9. The summed E-state index contributed by atoms with van der Waals surface area (Å²) in [6, 6.07) is 5.91. The summed E-state index contributed by atoms with van der Waals surface area (Å²) >= 11 is 0. The first-order valence-corrected chi connectivity index (χ1v) is 7.38. The van der Waals surface area contributed by atoms with E-state index in [1.165, 1.54) is 12.1 Å². The normalized spacial score (nSPS) is 15.3. The van der Waals surface area contributed by atoms with Crippen LogP contribution in [-0.2, 0) is 13.0 Å². The van der Waals surface area contributed by atoms with Crippen LogP contribution in [0.2, 0.25) is 0 Å². The first kappa shape index (κ1) is 14.6. The van der Waals surface area contributed by atoms with Crippen molar-refractivity contribution < 1.29 is 9.18 Å². The zero-order valence-electron chi connectivity index (χ0n) is 12.7. The maximum Gasteiger partial charge on any atom is 0.318 e. The third kappa shape index (κ3) is 2.81. The average molecular weight is 302 g/mol. The Bertz CT molecular complexity index is 680. The van der Waals surface area contributed by atoms with Gasteiger partial charge in [0.05, 0.1) is 18.3 Å². The number of nitrogens with zero attached hydrogens (tertiary/aromatic N) is 2. The summed E-state index contributed by atoms with van der Waals surface area (Å²) in [5, 5.41) is 10.2. The fraction of sp³-hybridized carbons (Fsp3) is 0.375. The molecule has 0 spiro atoms. The summed E-state index contributed by atoms with van der Waals surface area (Å²) in [6.07, 6.45) is 0.762. The number of carbonyl (C=O) groups is 1. The Morgan fingerprint density at radius 1 is 1.41 bits per heavy atom. The second-order valence-corrected chi connectivity index (χ2v) is 5.67. The number of rotatable bonds is 2. The monoisotopic (exact) mass is 302 g/mol. The van der Waals surface area contributed by atoms with Crippen LogP contribution in [0.3, 0.4) is 0 Å². The Morgan fingerprint density at radius 2 is 2.14 bits per heavy atom. The summed E-state index contributed by atoms with van der Waals surface area (Å²) in [7, 11) is 0. The van der Waals surface area contributed by atoms with Gasteiger partial charge in [-0.2, -0.15) is 5.10 Å². The Morgan fingerprint density at radius 3 is 2.86 bits per heavy atom. The number of H-pyrrole nitrogens is 1. The van der Waals surface area contributed by atoms with Crippen molar-refractivity contribution in [2.45, 2.75) is 32.9 Å². The van der Waals surface area contributed by atoms with Crippen LogP contribution >= 0.6 is 0 Å². The van der Waals surface area contributed by atoms with Crippen LogP contribution in [-0.4, -0.2) is 27.7 Å². The summed E-state index contributed by atoms with van der Waals surface area (Å²) in [6.45, 7) is 5.08. The van der Waals surface area contributed by atoms with Gasteiger partial charge in [-0.15, -0.1) is 0 Å². The van der Waals surface area contributed by atoms with E-state index >= 15 is 0 Å². The number of halogens is 1. The molecule has 6 heteroatoms. The largest absolute Gasteiger partial charge is 0.331 e. The van der Waals surface area contributed by atoms with E-state index in [0.717, 1.165) is 28.9 Å². The highest BCUT2D eigenvalue weighted by molar-refractivity contribution is 5.75. The molecule has 0 radical (unpaired) electrons. The topological polar surface area (TPSA) is 61.0 Å². The van der Waals surface area contributed by atoms with Crippen LogP contribution in [0.5, 0.6) is 0 Å². The highest BCUT2D eigenvalue weighted by Gasteiger charge is 2.24. The lowest BCUT2D eigenvalue weighted by molar-refractivity contribution is 0.189. The molecule has 0 unspecified atom stereocenters. The van der Waals surface area contributed by atoms with Gasteiger partial charge in [0.15, 0.2) is 0 Å². The average Bonchev–Trinajstić information content (AvgIpc) is 2.88. The van der Waals surface area contributed by atoms with E-state index in [4.69, 9.17) is 0 Å². The van der Waals surface area contributed by atoms with Crippen LogP contribution in [0.4, 0.5) is 9.18 Å². The molecule has 22 heavy (non-hydrogen) atoms. The lowest BCUT2D eigenvalue weighted by Gasteiger charge is -2.28. The number of urea groups is 1. The van der Waals surface area contributed by atoms with E-state index < -0.39 is 0 Å². The Kier molecular flexibility index (Phi) is 3.83. The van der Waals surface area contributed by atoms with Gasteiger partial charge >= 0.3 is 6.03 Å². The number of nitrogens with one attached hydrogen (secondary N) is 2. The predicted octanol–water partition coefficient (Wildman–Crippen LogP) is 2.69. The molecular formula is C16H19FN4O. The molecule has 5 nitrogen and oxygen atoms in total. The van der Waals surface area contributed by atoms with Crippen molar-refractivity contribution in [1.29, 1.82) is 0 Å². The molecule has 0 aliphatic carbocycles. The SMILES string of the molecule is Cc1[nH]nc2c1CN(C(=O)N[C@H](C)c1ccc(F)cc1)CC2. The van der Waals surface area contributed by atoms with Gasteiger partial charge in [0.25, 0.3) is 0 Å². The van der Waals surface area contributed by atoms with Crippen molar-refractivity contribution in [3.63, 3.8) is 0 Å². The van der Waals surface area contributed by atoms with Gasteiger partial charge in [0, 0.05) is 24.2 Å². The van der Waals surface area contributed by atoms with E-state index in [-0.39, 0.29) is 17.9 Å². The molecule has 2 heterocycles. The molecule has 1 aliphatic rings. The van der Waals surface area contributed by atoms with E-state index in [0.29, 0.717) is 13.1 Å². The predicted molar refractivity (Wildman–Crippen MR) is 80.8 cm³/mol. The molecule has 2 N–H and O–H groups in total. The van der Waals surface area contributed by atoms with Gasteiger partial charge in [-0.3, -0.25) is 5.10 Å². The number of aromatic amines is 1. The Labute approximate surface area is 128 Å². The number of aromatic nitrogens is 2. The second kappa shape index (κ2) is 5.79. The van der Waals surface area contributed by atoms with Crippen molar-refractivity contribution in [2.75, 3.05) is 6.54 Å². The van der Waals surface area contributed by atoms with Crippen molar-refractivity contribution >= 4 is 6.03 Å². The molecule has 2 aromatic rings. The number of fused-ring (bicyclic) bond motifs is 1. The van der Waals surface area contributed by atoms with Gasteiger partial charge < -0.3 is 10.2 Å². The Balaban J connectivity index is 1.65. The summed E-state index contributed by atoms with van der Waals surface area (Å²) in [4.78, 5) is 14.2. The number of hydrogen-bond acceptors (Lipinski definition) is 2. The van der Waals surface area contributed by atoms with Crippen molar-refractivity contribution in [2.24, 2.45) is 0 Å². The number of aryl methyl sites for hydroxylation is 1. The highest BCUT2D eigenvalue weighted by atomic mass is 19.1. The molecule has 2 amide bonds. The van der Waals surface area contributed by atoms with Crippen molar-refractivity contribution in [3.8, 4) is 0 Å². The van der Waals surface area contributed by atoms with E-state index in [1.54, 1.807) is 17.0 Å². The third-order valence-electron chi connectivity index (χ3n) is 4.12. The molecule has 3 rings (SSSR count). The molecular weight excluding hydrogens is 283 g/mol. The molecule has 1 aromatic carbocycles. The Hall–Kier alpha value is -2.37. The third-order valence-corrected chi connectivity index (χ3v) is 4.12. The first-order valence-electron chi connectivity index (χ1n) is 7.38. The van der Waals surface area contributed by atoms with Gasteiger partial charge in [-0.25, -0.2) is 9.18 Å². The van der Waals surface area contributed by atoms with Crippen molar-refractivity contribution in [3.05, 3.63) is 52.6 Å². The van der Waals surface area contributed by atoms with E-state index in [1.807, 2.05) is 13.8 Å². The second-order valence-electron chi connectivity index (χ2n) is 5.67. The van der Waals surface area contributed by atoms with Crippen LogP contribution in [0.25, 0.3) is 0 Å². The lowest BCUT2D eigenvalue weighted by atomic mass is 10.1. The zero-order valence-corrected chi connectivity index (χ0v) is 12.7. The quantitative estimate of drug-likeness (QED) is 0.896. The van der Waals surface area contributed by atoms with E-state index in [2.05, 4.69) is 15.5 Å². The van der Waals surface area contributed by atoms with E-state index in [9.17, 15) is 9.18 Å². The molecule has 0 saturated carbocycles. The minimum atomic E-state index is -0.277. The number of amides is 2. The van der Waals surface area contributed by atoms with Crippen LogP contribution in [0, 0.1) is 12.7 Å². The maximum absolute atomic E-state index is 12.9. The summed E-state index contributed by atoms with van der Waals surface area (Å²) in [5.41, 5.74) is 4.05. The minimum absolute atomic E-state index is 0.108. The van der Waals surface area contributed by atoms with Crippen LogP contribution < -0.4 is 5.32 Å². The van der Waals surface area contributed by atoms with Crippen molar-refractivity contribution in [1.82, 2.24) is 20.4 Å². The number of hydrogen-bond donors (Lipinski definition) is 2. The van der Waals surface area contributed by atoms with Crippen LogP contribution in [0.1, 0.15) is 35.5 Å².